The topological polar surface area (TPSA) is 50.4 Å². The maximum atomic E-state index is 11.6. The average molecular weight is 228 g/mol. The molecule has 16 heavy (non-hydrogen) atoms. The van der Waals surface area contributed by atoms with Crippen molar-refractivity contribution < 1.29 is 9.53 Å². The van der Waals surface area contributed by atoms with Crippen LogP contribution in [0.2, 0.25) is 0 Å². The minimum atomic E-state index is 0.105. The van der Waals surface area contributed by atoms with Crippen molar-refractivity contribution in [2.75, 3.05) is 19.7 Å². The molecule has 1 aliphatic rings. The van der Waals surface area contributed by atoms with Crippen molar-refractivity contribution in [3.05, 3.63) is 0 Å². The second-order valence-corrected chi connectivity index (χ2v) is 4.42. The molecule has 2 atom stereocenters. The summed E-state index contributed by atoms with van der Waals surface area (Å²) in [6.07, 6.45) is 4.29. The Balaban J connectivity index is 2.10. The summed E-state index contributed by atoms with van der Waals surface area (Å²) >= 11 is 0. The van der Waals surface area contributed by atoms with Gasteiger partial charge in [-0.25, -0.2) is 0 Å². The highest BCUT2D eigenvalue weighted by molar-refractivity contribution is 5.76. The van der Waals surface area contributed by atoms with Crippen molar-refractivity contribution in [2.24, 2.45) is 0 Å². The van der Waals surface area contributed by atoms with Gasteiger partial charge in [-0.1, -0.05) is 6.42 Å². The van der Waals surface area contributed by atoms with E-state index >= 15 is 0 Å². The molecule has 1 saturated heterocycles. The lowest BCUT2D eigenvalue weighted by molar-refractivity contribution is -0.122. The maximum absolute atomic E-state index is 11.6. The van der Waals surface area contributed by atoms with Gasteiger partial charge in [0.15, 0.2) is 0 Å². The van der Waals surface area contributed by atoms with Crippen molar-refractivity contribution in [1.82, 2.24) is 10.6 Å². The molecule has 2 unspecified atom stereocenters. The van der Waals surface area contributed by atoms with Crippen molar-refractivity contribution >= 4 is 5.91 Å². The van der Waals surface area contributed by atoms with E-state index in [9.17, 15) is 4.79 Å². The van der Waals surface area contributed by atoms with Crippen LogP contribution in [-0.2, 0) is 9.53 Å². The van der Waals surface area contributed by atoms with Crippen LogP contribution in [0, 0.1) is 0 Å². The first-order chi connectivity index (χ1) is 7.72. The quantitative estimate of drug-likeness (QED) is 0.714. The molecule has 0 radical (unpaired) electrons. The fourth-order valence-electron chi connectivity index (χ4n) is 2.00. The Morgan fingerprint density at radius 3 is 3.00 bits per heavy atom. The van der Waals surface area contributed by atoms with Crippen LogP contribution in [0.25, 0.3) is 0 Å². The third-order valence-corrected chi connectivity index (χ3v) is 2.88. The normalized spacial score (nSPS) is 22.8. The first kappa shape index (κ1) is 13.5. The number of nitrogens with one attached hydrogen (secondary N) is 2. The van der Waals surface area contributed by atoms with Crippen LogP contribution < -0.4 is 10.6 Å². The van der Waals surface area contributed by atoms with Gasteiger partial charge in [0, 0.05) is 25.6 Å². The summed E-state index contributed by atoms with van der Waals surface area (Å²) in [5.74, 6) is 0.131. The monoisotopic (exact) mass is 228 g/mol. The SMILES string of the molecule is CCOC(C)CNC(=O)CC1CCCCN1. The molecule has 2 N–H and O–H groups in total. The largest absolute Gasteiger partial charge is 0.377 e. The number of piperidine rings is 1. The zero-order valence-corrected chi connectivity index (χ0v) is 10.4. The molecule has 0 spiro atoms. The highest BCUT2D eigenvalue weighted by atomic mass is 16.5. The van der Waals surface area contributed by atoms with Crippen molar-refractivity contribution in [3.8, 4) is 0 Å². The summed E-state index contributed by atoms with van der Waals surface area (Å²) in [5, 5.41) is 6.28. The summed E-state index contributed by atoms with van der Waals surface area (Å²) in [6.45, 7) is 6.29. The van der Waals surface area contributed by atoms with Gasteiger partial charge < -0.3 is 15.4 Å². The second kappa shape index (κ2) is 7.63. The van der Waals surface area contributed by atoms with Crippen LogP contribution in [0.15, 0.2) is 0 Å². The molecule has 1 rings (SSSR count). The van der Waals surface area contributed by atoms with E-state index in [0.29, 0.717) is 25.6 Å². The molecule has 94 valence electrons. The van der Waals surface area contributed by atoms with Gasteiger partial charge in [-0.05, 0) is 33.2 Å². The Bertz CT molecular complexity index is 203. The third-order valence-electron chi connectivity index (χ3n) is 2.88. The Hall–Kier alpha value is -0.610. The summed E-state index contributed by atoms with van der Waals surface area (Å²) in [7, 11) is 0. The van der Waals surface area contributed by atoms with Crippen LogP contribution in [0.5, 0.6) is 0 Å². The number of hydrogen-bond donors (Lipinski definition) is 2. The minimum absolute atomic E-state index is 0.105. The highest BCUT2D eigenvalue weighted by Gasteiger charge is 2.16. The van der Waals surface area contributed by atoms with Gasteiger partial charge in [-0.3, -0.25) is 4.79 Å². The fraction of sp³-hybridized carbons (Fsp3) is 0.917. The van der Waals surface area contributed by atoms with Gasteiger partial charge in [0.2, 0.25) is 5.91 Å². The molecule has 1 amide bonds. The van der Waals surface area contributed by atoms with E-state index in [2.05, 4.69) is 10.6 Å². The Morgan fingerprint density at radius 2 is 2.38 bits per heavy atom. The van der Waals surface area contributed by atoms with Gasteiger partial charge in [-0.2, -0.15) is 0 Å². The fourth-order valence-corrected chi connectivity index (χ4v) is 2.00. The van der Waals surface area contributed by atoms with E-state index in [4.69, 9.17) is 4.74 Å². The van der Waals surface area contributed by atoms with Crippen LogP contribution in [0.3, 0.4) is 0 Å². The van der Waals surface area contributed by atoms with E-state index in [1.165, 1.54) is 12.8 Å². The number of ether oxygens (including phenoxy) is 1. The van der Waals surface area contributed by atoms with Crippen LogP contribution in [0.1, 0.15) is 39.5 Å². The van der Waals surface area contributed by atoms with Gasteiger partial charge in [-0.15, -0.1) is 0 Å². The lowest BCUT2D eigenvalue weighted by atomic mass is 10.0. The predicted octanol–water partition coefficient (Wildman–Crippen LogP) is 1.06. The number of amides is 1. The van der Waals surface area contributed by atoms with Crippen molar-refractivity contribution in [1.29, 1.82) is 0 Å². The highest BCUT2D eigenvalue weighted by Crippen LogP contribution is 2.09. The van der Waals surface area contributed by atoms with E-state index in [1.54, 1.807) is 0 Å². The standard InChI is InChI=1S/C12H24N2O2/c1-3-16-10(2)9-14-12(15)8-11-6-4-5-7-13-11/h10-11,13H,3-9H2,1-2H3,(H,14,15). The molecule has 0 bridgehead atoms. The van der Waals surface area contributed by atoms with E-state index in [-0.39, 0.29) is 12.0 Å². The lowest BCUT2D eigenvalue weighted by Crippen LogP contribution is -2.40. The minimum Gasteiger partial charge on any atom is -0.377 e. The van der Waals surface area contributed by atoms with E-state index < -0.39 is 0 Å². The number of carbonyl (C=O) groups excluding carboxylic acids is 1. The Kier molecular flexibility index (Phi) is 6.42. The van der Waals surface area contributed by atoms with Gasteiger partial charge in [0.1, 0.15) is 0 Å². The molecule has 0 aliphatic carbocycles. The summed E-state index contributed by atoms with van der Waals surface area (Å²) in [4.78, 5) is 11.6. The zero-order chi connectivity index (χ0) is 11.8. The number of carbonyl (C=O) groups is 1. The molecular weight excluding hydrogens is 204 g/mol. The van der Waals surface area contributed by atoms with Crippen LogP contribution >= 0.6 is 0 Å². The van der Waals surface area contributed by atoms with Crippen LogP contribution in [-0.4, -0.2) is 37.7 Å². The summed E-state index contributed by atoms with van der Waals surface area (Å²) in [5.41, 5.74) is 0. The second-order valence-electron chi connectivity index (χ2n) is 4.42. The summed E-state index contributed by atoms with van der Waals surface area (Å²) < 4.78 is 5.35. The first-order valence-corrected chi connectivity index (χ1v) is 6.34. The molecule has 1 heterocycles. The average Bonchev–Trinajstić information content (AvgIpc) is 2.28. The van der Waals surface area contributed by atoms with Gasteiger partial charge in [0.25, 0.3) is 0 Å². The maximum Gasteiger partial charge on any atom is 0.221 e. The van der Waals surface area contributed by atoms with Gasteiger partial charge >= 0.3 is 0 Å². The van der Waals surface area contributed by atoms with E-state index in [0.717, 1.165) is 13.0 Å². The molecule has 0 aromatic carbocycles. The smallest absolute Gasteiger partial charge is 0.221 e. The molecule has 0 aromatic rings. The Labute approximate surface area is 98.1 Å². The predicted molar refractivity (Wildman–Crippen MR) is 64.4 cm³/mol. The van der Waals surface area contributed by atoms with E-state index in [1.807, 2.05) is 13.8 Å². The Morgan fingerprint density at radius 1 is 1.56 bits per heavy atom. The molecule has 0 aromatic heterocycles. The van der Waals surface area contributed by atoms with Crippen molar-refractivity contribution in [3.63, 3.8) is 0 Å². The lowest BCUT2D eigenvalue weighted by Gasteiger charge is -2.23. The first-order valence-electron chi connectivity index (χ1n) is 6.34. The summed E-state index contributed by atoms with van der Waals surface area (Å²) in [6, 6.07) is 0.371. The number of rotatable bonds is 6. The molecule has 0 saturated carbocycles. The third kappa shape index (κ3) is 5.47. The molecular formula is C12H24N2O2. The number of hydrogen-bond acceptors (Lipinski definition) is 3. The molecule has 4 heteroatoms. The van der Waals surface area contributed by atoms with Gasteiger partial charge in [0.05, 0.1) is 6.10 Å². The zero-order valence-electron chi connectivity index (χ0n) is 10.4. The van der Waals surface area contributed by atoms with Crippen LogP contribution in [0.4, 0.5) is 0 Å². The molecule has 1 fully saturated rings. The molecule has 4 nitrogen and oxygen atoms in total. The molecule has 1 aliphatic heterocycles. The van der Waals surface area contributed by atoms with Crippen molar-refractivity contribution in [2.45, 2.75) is 51.7 Å².